The lowest BCUT2D eigenvalue weighted by molar-refractivity contribution is 0.651. The van der Waals surface area contributed by atoms with Crippen molar-refractivity contribution in [3.05, 3.63) is 24.5 Å². The Balaban J connectivity index is 0.00000289. The molecule has 0 aliphatic carbocycles. The van der Waals surface area contributed by atoms with E-state index in [0.717, 1.165) is 25.6 Å². The predicted octanol–water partition coefficient (Wildman–Crippen LogP) is 2.46. The Hall–Kier alpha value is -0.720. The number of aromatic nitrogens is 1. The van der Waals surface area contributed by atoms with Crippen molar-refractivity contribution in [2.75, 3.05) is 20.1 Å². The van der Waals surface area contributed by atoms with Crippen molar-refractivity contribution in [1.82, 2.24) is 15.2 Å². The largest absolute Gasteiger partial charge is 0.356 e. The molecule has 104 valence electrons. The van der Waals surface area contributed by atoms with Crippen LogP contribution < -0.4 is 10.6 Å². The summed E-state index contributed by atoms with van der Waals surface area (Å²) in [6.07, 6.45) is 7.86. The van der Waals surface area contributed by atoms with Crippen molar-refractivity contribution in [1.29, 1.82) is 0 Å². The van der Waals surface area contributed by atoms with E-state index in [4.69, 9.17) is 0 Å². The number of nitrogens with zero attached hydrogens (tertiary/aromatic N) is 2. The molecule has 1 rings (SSSR count). The summed E-state index contributed by atoms with van der Waals surface area (Å²) in [4.78, 5) is 4.19. The summed E-state index contributed by atoms with van der Waals surface area (Å²) in [6, 6.07) is 4.08. The molecule has 0 fully saturated rings. The second-order valence-corrected chi connectivity index (χ2v) is 4.05. The minimum atomic E-state index is 0. The number of unbranched alkanes of at least 4 members (excludes halogenated alkanes) is 2. The Labute approximate surface area is 127 Å². The first kappa shape index (κ1) is 17.3. The van der Waals surface area contributed by atoms with Gasteiger partial charge in [0.15, 0.2) is 5.96 Å². The molecule has 0 spiro atoms. The highest BCUT2D eigenvalue weighted by Gasteiger charge is 1.96. The quantitative estimate of drug-likeness (QED) is 0.338. The molecule has 1 aromatic heterocycles. The van der Waals surface area contributed by atoms with E-state index in [0.29, 0.717) is 0 Å². The molecule has 0 radical (unpaired) electrons. The summed E-state index contributed by atoms with van der Waals surface area (Å²) in [5.41, 5.74) is 0. The predicted molar refractivity (Wildman–Crippen MR) is 88.7 cm³/mol. The Morgan fingerprint density at radius 3 is 2.39 bits per heavy atom. The summed E-state index contributed by atoms with van der Waals surface area (Å²) in [5.74, 6) is 0.897. The van der Waals surface area contributed by atoms with E-state index in [1.807, 2.05) is 19.2 Å². The van der Waals surface area contributed by atoms with Crippen molar-refractivity contribution in [2.24, 2.45) is 4.99 Å². The van der Waals surface area contributed by atoms with E-state index < -0.39 is 0 Å². The van der Waals surface area contributed by atoms with Crippen LogP contribution in [-0.2, 0) is 6.54 Å². The summed E-state index contributed by atoms with van der Waals surface area (Å²) in [6.45, 7) is 5.06. The third-order valence-electron chi connectivity index (χ3n) is 2.63. The van der Waals surface area contributed by atoms with Gasteiger partial charge in [0.05, 0.1) is 0 Å². The number of nitrogens with one attached hydrogen (secondary N) is 2. The summed E-state index contributed by atoms with van der Waals surface area (Å²) in [7, 11) is 1.81. The maximum Gasteiger partial charge on any atom is 0.191 e. The molecule has 0 amide bonds. The zero-order chi connectivity index (χ0) is 12.3. The van der Waals surface area contributed by atoms with E-state index >= 15 is 0 Å². The maximum atomic E-state index is 4.19. The Morgan fingerprint density at radius 2 is 1.78 bits per heavy atom. The van der Waals surface area contributed by atoms with Crippen LogP contribution in [0.1, 0.15) is 26.2 Å². The van der Waals surface area contributed by atoms with Gasteiger partial charge in [0.2, 0.25) is 0 Å². The highest BCUT2D eigenvalue weighted by atomic mass is 127. The van der Waals surface area contributed by atoms with E-state index in [1.165, 1.54) is 19.3 Å². The van der Waals surface area contributed by atoms with Gasteiger partial charge in [-0.05, 0) is 18.6 Å². The highest BCUT2D eigenvalue weighted by Crippen LogP contribution is 1.91. The van der Waals surface area contributed by atoms with Gasteiger partial charge in [-0.25, -0.2) is 0 Å². The average Bonchev–Trinajstić information content (AvgIpc) is 2.85. The van der Waals surface area contributed by atoms with Gasteiger partial charge in [0.1, 0.15) is 0 Å². The lowest BCUT2D eigenvalue weighted by atomic mass is 10.2. The monoisotopic (exact) mass is 364 g/mol. The van der Waals surface area contributed by atoms with E-state index in [2.05, 4.69) is 39.5 Å². The van der Waals surface area contributed by atoms with E-state index in [1.54, 1.807) is 0 Å². The van der Waals surface area contributed by atoms with Crippen molar-refractivity contribution in [2.45, 2.75) is 32.7 Å². The van der Waals surface area contributed by atoms with Crippen molar-refractivity contribution >= 4 is 29.9 Å². The van der Waals surface area contributed by atoms with Crippen molar-refractivity contribution in [3.63, 3.8) is 0 Å². The van der Waals surface area contributed by atoms with Gasteiger partial charge in [0, 0.05) is 39.1 Å². The fourth-order valence-electron chi connectivity index (χ4n) is 1.63. The van der Waals surface area contributed by atoms with Crippen LogP contribution in [0, 0.1) is 0 Å². The summed E-state index contributed by atoms with van der Waals surface area (Å²) >= 11 is 0. The molecule has 5 heteroatoms. The first-order valence-corrected chi connectivity index (χ1v) is 6.42. The van der Waals surface area contributed by atoms with E-state index in [9.17, 15) is 0 Å². The molecule has 1 aromatic rings. The van der Waals surface area contributed by atoms with Crippen LogP contribution in [-0.4, -0.2) is 30.7 Å². The normalized spacial score (nSPS) is 10.9. The molecule has 18 heavy (non-hydrogen) atoms. The number of halogens is 1. The molecule has 0 saturated heterocycles. The first-order valence-electron chi connectivity index (χ1n) is 6.42. The second-order valence-electron chi connectivity index (χ2n) is 4.05. The molecule has 0 aromatic carbocycles. The Bertz CT molecular complexity index is 309. The third kappa shape index (κ3) is 7.58. The smallest absolute Gasteiger partial charge is 0.191 e. The molecule has 0 unspecified atom stereocenters. The number of rotatable bonds is 7. The zero-order valence-corrected chi connectivity index (χ0v) is 13.7. The topological polar surface area (TPSA) is 41.4 Å². The third-order valence-corrected chi connectivity index (χ3v) is 2.63. The van der Waals surface area contributed by atoms with Crippen LogP contribution in [0.25, 0.3) is 0 Å². The minimum Gasteiger partial charge on any atom is -0.356 e. The van der Waals surface area contributed by atoms with Gasteiger partial charge in [0.25, 0.3) is 0 Å². The number of hydrogen-bond acceptors (Lipinski definition) is 1. The maximum absolute atomic E-state index is 4.19. The van der Waals surface area contributed by atoms with Gasteiger partial charge >= 0.3 is 0 Å². The van der Waals surface area contributed by atoms with Crippen LogP contribution in [0.2, 0.25) is 0 Å². The van der Waals surface area contributed by atoms with Crippen LogP contribution in [0.5, 0.6) is 0 Å². The van der Waals surface area contributed by atoms with Crippen LogP contribution in [0.15, 0.2) is 29.5 Å². The van der Waals surface area contributed by atoms with Gasteiger partial charge in [-0.15, -0.1) is 24.0 Å². The van der Waals surface area contributed by atoms with Gasteiger partial charge in [-0.3, -0.25) is 4.99 Å². The average molecular weight is 364 g/mol. The first-order chi connectivity index (χ1) is 8.36. The van der Waals surface area contributed by atoms with Gasteiger partial charge in [-0.1, -0.05) is 19.8 Å². The van der Waals surface area contributed by atoms with Crippen molar-refractivity contribution < 1.29 is 0 Å². The molecule has 2 N–H and O–H groups in total. The lowest BCUT2D eigenvalue weighted by Crippen LogP contribution is -2.39. The van der Waals surface area contributed by atoms with E-state index in [-0.39, 0.29) is 24.0 Å². The minimum absolute atomic E-state index is 0. The molecular formula is C13H25IN4. The van der Waals surface area contributed by atoms with Crippen LogP contribution in [0.3, 0.4) is 0 Å². The summed E-state index contributed by atoms with van der Waals surface area (Å²) in [5, 5.41) is 6.62. The molecule has 1 heterocycles. The van der Waals surface area contributed by atoms with Crippen LogP contribution >= 0.6 is 24.0 Å². The number of aliphatic imine (C=N–C) groups is 1. The fourth-order valence-corrected chi connectivity index (χ4v) is 1.63. The van der Waals surface area contributed by atoms with Gasteiger partial charge in [-0.2, -0.15) is 0 Å². The molecular weight excluding hydrogens is 339 g/mol. The summed E-state index contributed by atoms with van der Waals surface area (Å²) < 4.78 is 2.15. The number of guanidine groups is 1. The molecule has 0 atom stereocenters. The van der Waals surface area contributed by atoms with Crippen LogP contribution in [0.4, 0.5) is 0 Å². The Kier molecular flexibility index (Phi) is 10.9. The Morgan fingerprint density at radius 1 is 1.11 bits per heavy atom. The lowest BCUT2D eigenvalue weighted by Gasteiger charge is -2.11. The standard InChI is InChI=1S/C13H24N4.HI/c1-3-4-5-8-15-13(14-2)16-9-12-17-10-6-7-11-17;/h6-7,10-11H,3-5,8-9,12H2,1-2H3,(H2,14,15,16);1H. The SMILES string of the molecule is CCCCCNC(=NC)NCCn1cccc1.I. The molecule has 0 saturated carbocycles. The molecule has 0 aliphatic heterocycles. The zero-order valence-electron chi connectivity index (χ0n) is 11.4. The molecule has 0 aliphatic rings. The highest BCUT2D eigenvalue weighted by molar-refractivity contribution is 14.0. The number of hydrogen-bond donors (Lipinski definition) is 2. The molecule has 0 bridgehead atoms. The van der Waals surface area contributed by atoms with Gasteiger partial charge < -0.3 is 15.2 Å². The van der Waals surface area contributed by atoms with Crippen molar-refractivity contribution in [3.8, 4) is 0 Å². The molecule has 4 nitrogen and oxygen atoms in total. The second kappa shape index (κ2) is 11.4. The fraction of sp³-hybridized carbons (Fsp3) is 0.615.